The third-order valence-electron chi connectivity index (χ3n) is 2.71. The van der Waals surface area contributed by atoms with Crippen LogP contribution in [0, 0.1) is 0 Å². The lowest BCUT2D eigenvalue weighted by Gasteiger charge is -2.26. The van der Waals surface area contributed by atoms with E-state index in [1.807, 2.05) is 12.1 Å². The molecule has 2 nitrogen and oxygen atoms in total. The zero-order valence-electron chi connectivity index (χ0n) is 10.3. The highest BCUT2D eigenvalue weighted by atomic mass is 32.1. The third kappa shape index (κ3) is 3.72. The van der Waals surface area contributed by atoms with Gasteiger partial charge in [-0.2, -0.15) is 12.6 Å². The van der Waals surface area contributed by atoms with E-state index >= 15 is 0 Å². The van der Waals surface area contributed by atoms with Gasteiger partial charge in [-0.15, -0.1) is 0 Å². The molecule has 0 amide bonds. The predicted octanol–water partition coefficient (Wildman–Crippen LogP) is 2.49. The van der Waals surface area contributed by atoms with Gasteiger partial charge in [-0.1, -0.05) is 26.0 Å². The molecule has 0 saturated carbocycles. The number of benzene rings is 1. The Hall–Kier alpha value is -0.670. The second-order valence-corrected chi connectivity index (χ2v) is 4.96. The maximum Gasteiger partial charge on any atom is 0.119 e. The van der Waals surface area contributed by atoms with Gasteiger partial charge in [0.15, 0.2) is 0 Å². The summed E-state index contributed by atoms with van der Waals surface area (Å²) in [5.41, 5.74) is 1.40. The molecule has 1 aromatic rings. The summed E-state index contributed by atoms with van der Waals surface area (Å²) in [7, 11) is 1.70. The Kier molecular flexibility index (Phi) is 5.16. The SMILES string of the molecule is COc1cccc(C(C)(C)CNCCS)c1. The van der Waals surface area contributed by atoms with E-state index in [9.17, 15) is 0 Å². The number of nitrogens with one attached hydrogen (secondary N) is 1. The van der Waals surface area contributed by atoms with Crippen LogP contribution in [0.15, 0.2) is 24.3 Å². The topological polar surface area (TPSA) is 21.3 Å². The first-order chi connectivity index (χ1) is 7.60. The number of hydrogen-bond donors (Lipinski definition) is 2. The summed E-state index contributed by atoms with van der Waals surface area (Å²) < 4.78 is 5.24. The van der Waals surface area contributed by atoms with Crippen LogP contribution in [0.25, 0.3) is 0 Å². The maximum atomic E-state index is 5.24. The van der Waals surface area contributed by atoms with Gasteiger partial charge in [0.2, 0.25) is 0 Å². The number of methoxy groups -OCH3 is 1. The fourth-order valence-electron chi connectivity index (χ4n) is 1.63. The third-order valence-corrected chi connectivity index (χ3v) is 2.93. The quantitative estimate of drug-likeness (QED) is 0.588. The summed E-state index contributed by atoms with van der Waals surface area (Å²) >= 11 is 4.19. The molecule has 1 aromatic carbocycles. The Bertz CT molecular complexity index is 325. The zero-order chi connectivity index (χ0) is 12.0. The number of thiol groups is 1. The Balaban J connectivity index is 2.72. The summed E-state index contributed by atoms with van der Waals surface area (Å²) in [6.45, 7) is 6.35. The molecule has 0 aliphatic rings. The van der Waals surface area contributed by atoms with Gasteiger partial charge in [0.1, 0.15) is 5.75 Å². The number of hydrogen-bond acceptors (Lipinski definition) is 3. The van der Waals surface area contributed by atoms with E-state index < -0.39 is 0 Å². The lowest BCUT2D eigenvalue weighted by molar-refractivity contribution is 0.410. The summed E-state index contributed by atoms with van der Waals surface area (Å²) in [6.07, 6.45) is 0. The van der Waals surface area contributed by atoms with Crippen LogP contribution in [-0.4, -0.2) is 26.0 Å². The molecular formula is C13H21NOS. The van der Waals surface area contributed by atoms with Crippen molar-refractivity contribution < 1.29 is 4.74 Å². The molecule has 0 spiro atoms. The maximum absolute atomic E-state index is 5.24. The fourth-order valence-corrected chi connectivity index (χ4v) is 1.78. The molecule has 0 aromatic heterocycles. The van der Waals surface area contributed by atoms with Crippen molar-refractivity contribution in [3.63, 3.8) is 0 Å². The van der Waals surface area contributed by atoms with Crippen molar-refractivity contribution in [3.8, 4) is 5.75 Å². The summed E-state index contributed by atoms with van der Waals surface area (Å²) in [6, 6.07) is 8.25. The predicted molar refractivity (Wildman–Crippen MR) is 72.7 cm³/mol. The van der Waals surface area contributed by atoms with Gasteiger partial charge in [-0.05, 0) is 17.7 Å². The molecule has 1 N–H and O–H groups in total. The minimum absolute atomic E-state index is 0.109. The van der Waals surface area contributed by atoms with E-state index in [-0.39, 0.29) is 5.41 Å². The van der Waals surface area contributed by atoms with Crippen molar-refractivity contribution >= 4 is 12.6 Å². The van der Waals surface area contributed by atoms with Gasteiger partial charge in [0.25, 0.3) is 0 Å². The molecule has 0 aliphatic carbocycles. The van der Waals surface area contributed by atoms with Crippen LogP contribution < -0.4 is 10.1 Å². The van der Waals surface area contributed by atoms with Crippen LogP contribution in [0.3, 0.4) is 0 Å². The van der Waals surface area contributed by atoms with Crippen LogP contribution in [0.4, 0.5) is 0 Å². The smallest absolute Gasteiger partial charge is 0.119 e. The highest BCUT2D eigenvalue weighted by Crippen LogP contribution is 2.25. The summed E-state index contributed by atoms with van der Waals surface area (Å²) in [4.78, 5) is 0. The monoisotopic (exact) mass is 239 g/mol. The van der Waals surface area contributed by atoms with Crippen LogP contribution in [0.5, 0.6) is 5.75 Å². The van der Waals surface area contributed by atoms with Gasteiger partial charge < -0.3 is 10.1 Å². The molecule has 0 fully saturated rings. The van der Waals surface area contributed by atoms with Crippen molar-refractivity contribution in [1.82, 2.24) is 5.32 Å². The van der Waals surface area contributed by atoms with Crippen molar-refractivity contribution in [1.29, 1.82) is 0 Å². The summed E-state index contributed by atoms with van der Waals surface area (Å²) in [5.74, 6) is 1.79. The largest absolute Gasteiger partial charge is 0.497 e. The van der Waals surface area contributed by atoms with Crippen molar-refractivity contribution in [2.75, 3.05) is 26.0 Å². The Labute approximate surface area is 104 Å². The van der Waals surface area contributed by atoms with E-state index in [1.165, 1.54) is 5.56 Å². The normalized spacial score (nSPS) is 11.5. The first kappa shape index (κ1) is 13.4. The van der Waals surface area contributed by atoms with Gasteiger partial charge in [-0.3, -0.25) is 0 Å². The highest BCUT2D eigenvalue weighted by Gasteiger charge is 2.20. The second kappa shape index (κ2) is 6.16. The number of ether oxygens (including phenoxy) is 1. The molecule has 0 unspecified atom stereocenters. The second-order valence-electron chi connectivity index (χ2n) is 4.52. The van der Waals surface area contributed by atoms with E-state index in [1.54, 1.807) is 7.11 Å². The van der Waals surface area contributed by atoms with Gasteiger partial charge in [-0.25, -0.2) is 0 Å². The Morgan fingerprint density at radius 1 is 1.38 bits per heavy atom. The fraction of sp³-hybridized carbons (Fsp3) is 0.538. The van der Waals surface area contributed by atoms with E-state index in [2.05, 4.69) is 43.9 Å². The zero-order valence-corrected chi connectivity index (χ0v) is 11.2. The Morgan fingerprint density at radius 2 is 2.12 bits per heavy atom. The van der Waals surface area contributed by atoms with Crippen LogP contribution in [-0.2, 0) is 5.41 Å². The van der Waals surface area contributed by atoms with Crippen LogP contribution in [0.1, 0.15) is 19.4 Å². The molecule has 0 heterocycles. The molecule has 16 heavy (non-hydrogen) atoms. The van der Waals surface area contributed by atoms with Crippen LogP contribution in [0.2, 0.25) is 0 Å². The van der Waals surface area contributed by atoms with Crippen LogP contribution >= 0.6 is 12.6 Å². The Morgan fingerprint density at radius 3 is 2.75 bits per heavy atom. The molecule has 0 radical (unpaired) electrons. The molecule has 0 bridgehead atoms. The van der Waals surface area contributed by atoms with E-state index in [4.69, 9.17) is 4.74 Å². The van der Waals surface area contributed by atoms with E-state index in [0.29, 0.717) is 0 Å². The number of rotatable bonds is 6. The molecule has 0 saturated heterocycles. The molecule has 90 valence electrons. The van der Waals surface area contributed by atoms with Gasteiger partial charge in [0, 0.05) is 24.3 Å². The molecular weight excluding hydrogens is 218 g/mol. The first-order valence-corrected chi connectivity index (χ1v) is 6.19. The molecule has 0 atom stereocenters. The van der Waals surface area contributed by atoms with Crippen molar-refractivity contribution in [2.45, 2.75) is 19.3 Å². The van der Waals surface area contributed by atoms with Crippen molar-refractivity contribution in [2.24, 2.45) is 0 Å². The first-order valence-electron chi connectivity index (χ1n) is 5.56. The average Bonchev–Trinajstić information content (AvgIpc) is 2.29. The summed E-state index contributed by atoms with van der Waals surface area (Å²) in [5, 5.41) is 3.39. The lowest BCUT2D eigenvalue weighted by Crippen LogP contribution is -2.33. The molecule has 3 heteroatoms. The molecule has 0 aliphatic heterocycles. The standard InChI is InChI=1S/C13H21NOS/c1-13(2,10-14-7-8-16)11-5-4-6-12(9-11)15-3/h4-6,9,14,16H,7-8,10H2,1-3H3. The minimum atomic E-state index is 0.109. The van der Waals surface area contributed by atoms with Gasteiger partial charge >= 0.3 is 0 Å². The molecule has 1 rings (SSSR count). The minimum Gasteiger partial charge on any atom is -0.497 e. The van der Waals surface area contributed by atoms with Crippen molar-refractivity contribution in [3.05, 3.63) is 29.8 Å². The van der Waals surface area contributed by atoms with Gasteiger partial charge in [0.05, 0.1) is 7.11 Å². The lowest BCUT2D eigenvalue weighted by atomic mass is 9.84. The highest BCUT2D eigenvalue weighted by molar-refractivity contribution is 7.80. The average molecular weight is 239 g/mol. The van der Waals surface area contributed by atoms with E-state index in [0.717, 1.165) is 24.6 Å².